The van der Waals surface area contributed by atoms with Crippen molar-refractivity contribution < 1.29 is 0 Å². The number of benzene rings is 1. The van der Waals surface area contributed by atoms with Gasteiger partial charge < -0.3 is 5.73 Å². The van der Waals surface area contributed by atoms with E-state index in [0.717, 1.165) is 16.8 Å². The molecule has 1 aromatic carbocycles. The van der Waals surface area contributed by atoms with Crippen LogP contribution in [0, 0.1) is 6.92 Å². The van der Waals surface area contributed by atoms with E-state index >= 15 is 0 Å². The number of anilines is 1. The van der Waals surface area contributed by atoms with E-state index in [1.807, 2.05) is 30.5 Å². The number of rotatable bonds is 2. The van der Waals surface area contributed by atoms with E-state index in [1.54, 1.807) is 11.3 Å². The van der Waals surface area contributed by atoms with Gasteiger partial charge in [0.2, 0.25) is 0 Å². The van der Waals surface area contributed by atoms with Gasteiger partial charge in [0, 0.05) is 16.1 Å². The average molecular weight is 215 g/mol. The molecule has 2 rings (SSSR count). The molecule has 15 heavy (non-hydrogen) atoms. The first-order chi connectivity index (χ1) is 7.18. The van der Waals surface area contributed by atoms with E-state index in [-0.39, 0.29) is 0 Å². The average Bonchev–Trinajstić information content (AvgIpc) is 2.69. The largest absolute Gasteiger partial charge is 0.398 e. The quantitative estimate of drug-likeness (QED) is 0.759. The molecule has 0 bridgehead atoms. The first-order valence-corrected chi connectivity index (χ1v) is 5.66. The molecule has 0 amide bonds. The van der Waals surface area contributed by atoms with Crippen LogP contribution in [0.25, 0.3) is 5.57 Å². The molecule has 0 saturated heterocycles. The Labute approximate surface area is 93.9 Å². The van der Waals surface area contributed by atoms with Gasteiger partial charge in [0.1, 0.15) is 0 Å². The molecular formula is C13H13NS. The minimum Gasteiger partial charge on any atom is -0.398 e. The van der Waals surface area contributed by atoms with Crippen LogP contribution in [-0.4, -0.2) is 0 Å². The Morgan fingerprint density at radius 2 is 2.13 bits per heavy atom. The van der Waals surface area contributed by atoms with Crippen LogP contribution in [0.4, 0.5) is 5.69 Å². The van der Waals surface area contributed by atoms with Crippen LogP contribution in [-0.2, 0) is 0 Å². The summed E-state index contributed by atoms with van der Waals surface area (Å²) in [5, 5.41) is 2.05. The third-order valence-corrected chi connectivity index (χ3v) is 3.28. The maximum absolute atomic E-state index is 5.97. The first-order valence-electron chi connectivity index (χ1n) is 4.78. The Balaban J connectivity index is 2.42. The van der Waals surface area contributed by atoms with Gasteiger partial charge in [-0.15, -0.1) is 11.3 Å². The van der Waals surface area contributed by atoms with Gasteiger partial charge >= 0.3 is 0 Å². The Morgan fingerprint density at radius 1 is 1.33 bits per heavy atom. The monoisotopic (exact) mass is 215 g/mol. The van der Waals surface area contributed by atoms with Crippen LogP contribution in [0.3, 0.4) is 0 Å². The summed E-state index contributed by atoms with van der Waals surface area (Å²) in [5.74, 6) is 0. The molecule has 0 fully saturated rings. The normalized spacial score (nSPS) is 10.2. The molecule has 1 heterocycles. The highest BCUT2D eigenvalue weighted by molar-refractivity contribution is 7.11. The topological polar surface area (TPSA) is 26.0 Å². The molecule has 0 aliphatic rings. The molecule has 2 N–H and O–H groups in total. The summed E-state index contributed by atoms with van der Waals surface area (Å²) in [6.07, 6.45) is 0. The van der Waals surface area contributed by atoms with Gasteiger partial charge in [-0.05, 0) is 35.6 Å². The van der Waals surface area contributed by atoms with Crippen molar-refractivity contribution in [2.45, 2.75) is 6.92 Å². The fourth-order valence-corrected chi connectivity index (χ4v) is 2.25. The van der Waals surface area contributed by atoms with Gasteiger partial charge in [-0.1, -0.05) is 24.8 Å². The van der Waals surface area contributed by atoms with Crippen molar-refractivity contribution in [2.75, 3.05) is 5.73 Å². The minimum absolute atomic E-state index is 0.799. The second-order valence-corrected chi connectivity index (χ2v) is 4.49. The fourth-order valence-electron chi connectivity index (χ4n) is 1.54. The van der Waals surface area contributed by atoms with Crippen molar-refractivity contribution in [3.05, 3.63) is 58.3 Å². The van der Waals surface area contributed by atoms with Crippen molar-refractivity contribution in [3.8, 4) is 0 Å². The lowest BCUT2D eigenvalue weighted by atomic mass is 10.0. The van der Waals surface area contributed by atoms with Gasteiger partial charge in [-0.2, -0.15) is 0 Å². The third kappa shape index (κ3) is 1.95. The van der Waals surface area contributed by atoms with Crippen LogP contribution in [0.15, 0.2) is 42.3 Å². The predicted octanol–water partition coefficient (Wildman–Crippen LogP) is 3.70. The molecule has 0 radical (unpaired) electrons. The van der Waals surface area contributed by atoms with Gasteiger partial charge in [0.25, 0.3) is 0 Å². The second kappa shape index (κ2) is 3.91. The predicted molar refractivity (Wildman–Crippen MR) is 68.0 cm³/mol. The summed E-state index contributed by atoms with van der Waals surface area (Å²) < 4.78 is 0. The molecule has 1 nitrogen and oxygen atoms in total. The molecule has 0 atom stereocenters. The Morgan fingerprint density at radius 3 is 2.73 bits per heavy atom. The number of aryl methyl sites for hydroxylation is 1. The van der Waals surface area contributed by atoms with E-state index in [2.05, 4.69) is 18.7 Å². The summed E-state index contributed by atoms with van der Waals surface area (Å²) in [4.78, 5) is 1.17. The van der Waals surface area contributed by atoms with Gasteiger partial charge in [0.05, 0.1) is 0 Å². The number of nitrogen functional groups attached to an aromatic ring is 1. The van der Waals surface area contributed by atoms with E-state index in [1.165, 1.54) is 10.4 Å². The lowest BCUT2D eigenvalue weighted by molar-refractivity contribution is 1.45. The summed E-state index contributed by atoms with van der Waals surface area (Å²) in [5.41, 5.74) is 9.98. The Bertz CT molecular complexity index is 483. The number of nitrogens with two attached hydrogens (primary N) is 1. The van der Waals surface area contributed by atoms with Crippen molar-refractivity contribution in [1.82, 2.24) is 0 Å². The molecule has 2 heteroatoms. The first kappa shape index (κ1) is 9.99. The molecule has 0 unspecified atom stereocenters. The van der Waals surface area contributed by atoms with Crippen LogP contribution in [0.2, 0.25) is 0 Å². The number of hydrogen-bond acceptors (Lipinski definition) is 2. The summed E-state index contributed by atoms with van der Waals surface area (Å²) in [6.45, 7) is 6.12. The van der Waals surface area contributed by atoms with Crippen LogP contribution < -0.4 is 5.73 Å². The molecule has 2 aromatic rings. The van der Waals surface area contributed by atoms with Gasteiger partial charge in [0.15, 0.2) is 0 Å². The van der Waals surface area contributed by atoms with E-state index in [0.29, 0.717) is 0 Å². The van der Waals surface area contributed by atoms with Crippen LogP contribution in [0.5, 0.6) is 0 Å². The van der Waals surface area contributed by atoms with E-state index in [9.17, 15) is 0 Å². The van der Waals surface area contributed by atoms with E-state index in [4.69, 9.17) is 5.73 Å². The molecule has 0 saturated carbocycles. The molecule has 76 valence electrons. The summed E-state index contributed by atoms with van der Waals surface area (Å²) in [7, 11) is 0. The standard InChI is InChI=1S/C13H13NS/c1-9-5-6-11(12(14)8-9)10(2)13-4-3-7-15-13/h3-8H,2,14H2,1H3. The zero-order chi connectivity index (χ0) is 10.8. The Hall–Kier alpha value is -1.54. The highest BCUT2D eigenvalue weighted by atomic mass is 32.1. The SMILES string of the molecule is C=C(c1cccs1)c1ccc(C)cc1N. The third-order valence-electron chi connectivity index (χ3n) is 2.35. The fraction of sp³-hybridized carbons (Fsp3) is 0.0769. The maximum Gasteiger partial charge on any atom is 0.0396 e. The van der Waals surface area contributed by atoms with Crippen molar-refractivity contribution in [2.24, 2.45) is 0 Å². The molecule has 0 spiro atoms. The zero-order valence-electron chi connectivity index (χ0n) is 8.66. The highest BCUT2D eigenvalue weighted by Gasteiger charge is 2.06. The zero-order valence-corrected chi connectivity index (χ0v) is 9.47. The van der Waals surface area contributed by atoms with Gasteiger partial charge in [-0.3, -0.25) is 0 Å². The lowest BCUT2D eigenvalue weighted by Crippen LogP contribution is -1.93. The lowest BCUT2D eigenvalue weighted by Gasteiger charge is -2.08. The molecule has 1 aromatic heterocycles. The molecule has 0 aliphatic heterocycles. The van der Waals surface area contributed by atoms with Crippen molar-refractivity contribution in [1.29, 1.82) is 0 Å². The van der Waals surface area contributed by atoms with Crippen LogP contribution in [0.1, 0.15) is 16.0 Å². The minimum atomic E-state index is 0.799. The number of thiophene rings is 1. The summed E-state index contributed by atoms with van der Waals surface area (Å²) in [6, 6.07) is 10.2. The number of hydrogen-bond donors (Lipinski definition) is 1. The van der Waals surface area contributed by atoms with Crippen LogP contribution >= 0.6 is 11.3 Å². The smallest absolute Gasteiger partial charge is 0.0396 e. The second-order valence-electron chi connectivity index (χ2n) is 3.55. The van der Waals surface area contributed by atoms with E-state index < -0.39 is 0 Å². The molecule has 0 aliphatic carbocycles. The molecular weight excluding hydrogens is 202 g/mol. The Kier molecular flexibility index (Phi) is 2.60. The van der Waals surface area contributed by atoms with Crippen molar-refractivity contribution >= 4 is 22.6 Å². The summed E-state index contributed by atoms with van der Waals surface area (Å²) >= 11 is 1.68. The van der Waals surface area contributed by atoms with Crippen molar-refractivity contribution in [3.63, 3.8) is 0 Å². The maximum atomic E-state index is 5.97. The van der Waals surface area contributed by atoms with Gasteiger partial charge in [-0.25, -0.2) is 0 Å². The highest BCUT2D eigenvalue weighted by Crippen LogP contribution is 2.29.